The molecule has 0 aromatic heterocycles. The normalized spacial score (nSPS) is 13.7. The molecular weight excluding hydrogens is 292 g/mol. The molecule has 2 aromatic carbocycles. The summed E-state index contributed by atoms with van der Waals surface area (Å²) in [7, 11) is 3.25. The van der Waals surface area contributed by atoms with Crippen LogP contribution in [0, 0.1) is 0 Å². The highest BCUT2D eigenvalue weighted by Gasteiger charge is 2.23. The van der Waals surface area contributed by atoms with E-state index in [1.165, 1.54) is 0 Å². The summed E-state index contributed by atoms with van der Waals surface area (Å²) >= 11 is 0. The minimum absolute atomic E-state index is 0.0846. The Morgan fingerprint density at radius 3 is 1.91 bits per heavy atom. The maximum atomic E-state index is 9.71. The minimum Gasteiger partial charge on any atom is -0.497 e. The lowest BCUT2D eigenvalue weighted by molar-refractivity contribution is 0.204. The fraction of sp³-hybridized carbons (Fsp3) is 0.333. The van der Waals surface area contributed by atoms with Gasteiger partial charge in [-0.05, 0) is 48.9 Å². The van der Waals surface area contributed by atoms with Crippen molar-refractivity contribution in [3.8, 4) is 11.5 Å². The number of aliphatic hydroxyl groups excluding tert-OH is 1. The van der Waals surface area contributed by atoms with E-state index in [1.54, 1.807) is 14.2 Å². The average molecular weight is 314 g/mol. The van der Waals surface area contributed by atoms with E-state index in [9.17, 15) is 5.11 Å². The Kier molecular flexibility index (Phi) is 5.71. The van der Waals surface area contributed by atoms with Crippen molar-refractivity contribution >= 4 is 5.69 Å². The Morgan fingerprint density at radius 1 is 0.913 bits per heavy atom. The van der Waals surface area contributed by atoms with Crippen molar-refractivity contribution < 1.29 is 14.6 Å². The molecule has 2 rings (SSSR count). The first-order chi connectivity index (χ1) is 11.1. The Hall–Kier alpha value is -2.40. The number of rotatable bonds is 7. The van der Waals surface area contributed by atoms with Crippen LogP contribution in [0.2, 0.25) is 0 Å². The molecule has 1 N–H and O–H groups in total. The lowest BCUT2D eigenvalue weighted by Gasteiger charge is -2.21. The third-order valence-electron chi connectivity index (χ3n) is 3.56. The Balaban J connectivity index is 2.10. The summed E-state index contributed by atoms with van der Waals surface area (Å²) in [6, 6.07) is 15.0. The van der Waals surface area contributed by atoms with Gasteiger partial charge >= 0.3 is 0 Å². The molecule has 0 unspecified atom stereocenters. The van der Waals surface area contributed by atoms with Crippen molar-refractivity contribution in [1.82, 2.24) is 0 Å². The quantitative estimate of drug-likeness (QED) is 0.791. The number of nitrogens with zero attached hydrogens (tertiary/aromatic N) is 2. The van der Waals surface area contributed by atoms with Gasteiger partial charge in [0, 0.05) is 6.42 Å². The molecule has 0 aliphatic carbocycles. The molecule has 0 bridgehead atoms. The number of aliphatic hydroxyl groups is 1. The zero-order valence-corrected chi connectivity index (χ0v) is 13.7. The zero-order chi connectivity index (χ0) is 16.7. The van der Waals surface area contributed by atoms with E-state index in [0.717, 1.165) is 22.7 Å². The van der Waals surface area contributed by atoms with Crippen LogP contribution < -0.4 is 9.47 Å². The Labute approximate surface area is 136 Å². The van der Waals surface area contributed by atoms with Crippen LogP contribution in [0.15, 0.2) is 58.8 Å². The summed E-state index contributed by atoms with van der Waals surface area (Å²) in [5, 5.41) is 18.3. The van der Waals surface area contributed by atoms with Gasteiger partial charge in [-0.25, -0.2) is 0 Å². The van der Waals surface area contributed by atoms with Gasteiger partial charge < -0.3 is 14.6 Å². The molecule has 0 heterocycles. The Morgan fingerprint density at radius 2 is 1.43 bits per heavy atom. The fourth-order valence-electron chi connectivity index (χ4n) is 2.13. The van der Waals surface area contributed by atoms with E-state index in [-0.39, 0.29) is 6.61 Å². The van der Waals surface area contributed by atoms with Crippen molar-refractivity contribution in [2.45, 2.75) is 18.9 Å². The molecule has 23 heavy (non-hydrogen) atoms. The van der Waals surface area contributed by atoms with Gasteiger partial charge in [0.1, 0.15) is 17.0 Å². The van der Waals surface area contributed by atoms with Crippen LogP contribution >= 0.6 is 0 Å². The molecule has 5 nitrogen and oxygen atoms in total. The number of benzene rings is 2. The molecule has 122 valence electrons. The van der Waals surface area contributed by atoms with Gasteiger partial charge in [-0.15, -0.1) is 0 Å². The molecule has 0 saturated carbocycles. The van der Waals surface area contributed by atoms with Crippen molar-refractivity contribution in [1.29, 1.82) is 0 Å². The molecule has 1 atom stereocenters. The van der Waals surface area contributed by atoms with E-state index in [1.807, 2.05) is 55.5 Å². The minimum atomic E-state index is -0.672. The predicted molar refractivity (Wildman–Crippen MR) is 89.7 cm³/mol. The zero-order valence-electron chi connectivity index (χ0n) is 13.7. The average Bonchev–Trinajstić information content (AvgIpc) is 2.61. The van der Waals surface area contributed by atoms with Gasteiger partial charge in [0.05, 0.1) is 26.5 Å². The summed E-state index contributed by atoms with van der Waals surface area (Å²) < 4.78 is 10.3. The van der Waals surface area contributed by atoms with Crippen LogP contribution in [0.1, 0.15) is 12.5 Å². The van der Waals surface area contributed by atoms with E-state index < -0.39 is 5.54 Å². The number of methoxy groups -OCH3 is 2. The van der Waals surface area contributed by atoms with E-state index in [2.05, 4.69) is 10.2 Å². The summed E-state index contributed by atoms with van der Waals surface area (Å²) in [5.74, 6) is 1.58. The molecule has 0 aliphatic heterocycles. The summed E-state index contributed by atoms with van der Waals surface area (Å²) in [5.41, 5.74) is 1.12. The number of hydrogen-bond acceptors (Lipinski definition) is 5. The van der Waals surface area contributed by atoms with E-state index >= 15 is 0 Å². The second-order valence-corrected chi connectivity index (χ2v) is 5.58. The molecular formula is C18H22N2O3. The molecule has 0 amide bonds. The first-order valence-corrected chi connectivity index (χ1v) is 7.39. The van der Waals surface area contributed by atoms with Crippen LogP contribution in [0.5, 0.6) is 11.5 Å². The van der Waals surface area contributed by atoms with E-state index in [0.29, 0.717) is 6.42 Å². The molecule has 0 aliphatic rings. The number of ether oxygens (including phenoxy) is 2. The maximum absolute atomic E-state index is 9.71. The molecule has 0 saturated heterocycles. The van der Waals surface area contributed by atoms with Gasteiger partial charge in [0.15, 0.2) is 0 Å². The standard InChI is InChI=1S/C18H22N2O3/c1-18(13-21,12-14-4-8-16(22-2)9-5-14)20-19-15-6-10-17(23-3)11-7-15/h4-11,21H,12-13H2,1-3H3/t18-/m0/s1. The number of hydrogen-bond donors (Lipinski definition) is 1. The first-order valence-electron chi connectivity index (χ1n) is 7.39. The molecule has 0 spiro atoms. The molecule has 0 radical (unpaired) electrons. The van der Waals surface area contributed by atoms with Crippen LogP contribution in [-0.2, 0) is 6.42 Å². The van der Waals surface area contributed by atoms with Crippen LogP contribution in [0.25, 0.3) is 0 Å². The predicted octanol–water partition coefficient (Wildman–Crippen LogP) is 3.78. The Bertz CT molecular complexity index is 638. The number of azo groups is 1. The third-order valence-corrected chi connectivity index (χ3v) is 3.56. The van der Waals surface area contributed by atoms with Crippen molar-refractivity contribution in [3.63, 3.8) is 0 Å². The van der Waals surface area contributed by atoms with E-state index in [4.69, 9.17) is 9.47 Å². The van der Waals surface area contributed by atoms with Crippen LogP contribution in [0.4, 0.5) is 5.69 Å². The SMILES string of the molecule is COc1ccc(C[C@@](C)(CO)N=Nc2ccc(OC)cc2)cc1. The maximum Gasteiger partial charge on any atom is 0.119 e. The first kappa shape index (κ1) is 17.0. The summed E-state index contributed by atoms with van der Waals surface area (Å²) in [6.07, 6.45) is 0.590. The lowest BCUT2D eigenvalue weighted by Crippen LogP contribution is -2.29. The fourth-order valence-corrected chi connectivity index (χ4v) is 2.13. The third kappa shape index (κ3) is 4.79. The molecule has 5 heteroatoms. The summed E-state index contributed by atoms with van der Waals surface area (Å²) in [6.45, 7) is 1.79. The molecule has 0 fully saturated rings. The highest BCUT2D eigenvalue weighted by Crippen LogP contribution is 2.23. The van der Waals surface area contributed by atoms with Crippen molar-refractivity contribution in [2.24, 2.45) is 10.2 Å². The van der Waals surface area contributed by atoms with Gasteiger partial charge in [-0.3, -0.25) is 0 Å². The van der Waals surface area contributed by atoms with Crippen LogP contribution in [0.3, 0.4) is 0 Å². The van der Waals surface area contributed by atoms with Crippen LogP contribution in [-0.4, -0.2) is 31.5 Å². The topological polar surface area (TPSA) is 63.4 Å². The second kappa shape index (κ2) is 7.74. The van der Waals surface area contributed by atoms with Gasteiger partial charge in [-0.1, -0.05) is 12.1 Å². The van der Waals surface area contributed by atoms with Gasteiger partial charge in [0.25, 0.3) is 0 Å². The lowest BCUT2D eigenvalue weighted by atomic mass is 9.95. The van der Waals surface area contributed by atoms with Crippen molar-refractivity contribution in [2.75, 3.05) is 20.8 Å². The van der Waals surface area contributed by atoms with Gasteiger partial charge in [-0.2, -0.15) is 10.2 Å². The smallest absolute Gasteiger partial charge is 0.119 e. The second-order valence-electron chi connectivity index (χ2n) is 5.58. The summed E-state index contributed by atoms with van der Waals surface area (Å²) in [4.78, 5) is 0. The van der Waals surface area contributed by atoms with Gasteiger partial charge in [0.2, 0.25) is 0 Å². The monoisotopic (exact) mass is 314 g/mol. The highest BCUT2D eigenvalue weighted by atomic mass is 16.5. The largest absolute Gasteiger partial charge is 0.497 e. The highest BCUT2D eigenvalue weighted by molar-refractivity contribution is 5.40. The van der Waals surface area contributed by atoms with Crippen molar-refractivity contribution in [3.05, 3.63) is 54.1 Å². The molecule has 2 aromatic rings.